The first-order valence-electron chi connectivity index (χ1n) is 5.48. The maximum Gasteiger partial charge on any atom is 0.0595 e. The molecule has 1 fully saturated rings. The molecule has 1 unspecified atom stereocenters. The molecule has 0 amide bonds. The second kappa shape index (κ2) is 4.79. The Morgan fingerprint density at radius 2 is 2.12 bits per heavy atom. The number of nitrogens with one attached hydrogen (secondary N) is 1. The van der Waals surface area contributed by atoms with E-state index in [4.69, 9.17) is 23.2 Å². The highest BCUT2D eigenvalue weighted by Gasteiger charge is 2.30. The molecular formula is C13H15Cl2N. The fourth-order valence-electron chi connectivity index (χ4n) is 2.27. The van der Waals surface area contributed by atoms with Gasteiger partial charge in [-0.1, -0.05) is 35.3 Å². The summed E-state index contributed by atoms with van der Waals surface area (Å²) in [6.07, 6.45) is 4.30. The predicted octanol–water partition coefficient (Wildman–Crippen LogP) is 3.80. The van der Waals surface area contributed by atoms with E-state index in [-0.39, 0.29) is 5.41 Å². The summed E-state index contributed by atoms with van der Waals surface area (Å²) in [5, 5.41) is 4.63. The highest BCUT2D eigenvalue weighted by molar-refractivity contribution is 6.42. The monoisotopic (exact) mass is 255 g/mol. The molecule has 1 N–H and O–H groups in total. The molecule has 0 bridgehead atoms. The predicted molar refractivity (Wildman–Crippen MR) is 70.4 cm³/mol. The quantitative estimate of drug-likeness (QED) is 0.793. The molecule has 0 aromatic heterocycles. The summed E-state index contributed by atoms with van der Waals surface area (Å²) in [6.45, 7) is 5.97. The summed E-state index contributed by atoms with van der Waals surface area (Å²) in [4.78, 5) is 0. The van der Waals surface area contributed by atoms with Crippen LogP contribution in [0.1, 0.15) is 18.4 Å². The molecular weight excluding hydrogens is 241 g/mol. The molecule has 0 spiro atoms. The van der Waals surface area contributed by atoms with Gasteiger partial charge >= 0.3 is 0 Å². The first-order chi connectivity index (χ1) is 7.68. The Morgan fingerprint density at radius 3 is 2.69 bits per heavy atom. The van der Waals surface area contributed by atoms with Gasteiger partial charge in [0.05, 0.1) is 10.0 Å². The van der Waals surface area contributed by atoms with Crippen LogP contribution in [0.4, 0.5) is 0 Å². The van der Waals surface area contributed by atoms with Crippen LogP contribution in [0.3, 0.4) is 0 Å². The zero-order chi connectivity index (χ0) is 11.6. The van der Waals surface area contributed by atoms with Gasteiger partial charge in [-0.2, -0.15) is 0 Å². The van der Waals surface area contributed by atoms with E-state index in [1.54, 1.807) is 0 Å². The van der Waals surface area contributed by atoms with E-state index in [1.165, 1.54) is 5.56 Å². The third kappa shape index (κ3) is 2.13. The summed E-state index contributed by atoms with van der Waals surface area (Å²) < 4.78 is 0. The van der Waals surface area contributed by atoms with Crippen molar-refractivity contribution in [2.45, 2.75) is 18.3 Å². The van der Waals surface area contributed by atoms with E-state index in [9.17, 15) is 0 Å². The van der Waals surface area contributed by atoms with Crippen molar-refractivity contribution >= 4 is 23.2 Å². The van der Waals surface area contributed by atoms with Crippen molar-refractivity contribution in [3.05, 3.63) is 46.5 Å². The molecule has 16 heavy (non-hydrogen) atoms. The van der Waals surface area contributed by atoms with Crippen molar-refractivity contribution in [2.24, 2.45) is 0 Å². The number of rotatable bonds is 2. The first-order valence-corrected chi connectivity index (χ1v) is 6.23. The Kier molecular flexibility index (Phi) is 3.58. The average Bonchev–Trinajstić information content (AvgIpc) is 2.33. The van der Waals surface area contributed by atoms with Gasteiger partial charge in [0.2, 0.25) is 0 Å². The maximum atomic E-state index is 6.07. The van der Waals surface area contributed by atoms with Crippen LogP contribution in [0.2, 0.25) is 10.0 Å². The fraction of sp³-hybridized carbons (Fsp3) is 0.385. The summed E-state index contributed by atoms with van der Waals surface area (Å²) in [5.41, 5.74) is 1.20. The van der Waals surface area contributed by atoms with Crippen molar-refractivity contribution in [1.82, 2.24) is 5.32 Å². The van der Waals surface area contributed by atoms with Crippen LogP contribution in [0.5, 0.6) is 0 Å². The molecule has 0 saturated carbocycles. The summed E-state index contributed by atoms with van der Waals surface area (Å²) in [6, 6.07) is 5.86. The molecule has 1 aromatic carbocycles. The summed E-state index contributed by atoms with van der Waals surface area (Å²) in [5.74, 6) is 0. The smallest absolute Gasteiger partial charge is 0.0595 e. The van der Waals surface area contributed by atoms with Crippen LogP contribution in [-0.2, 0) is 5.41 Å². The van der Waals surface area contributed by atoms with Crippen LogP contribution < -0.4 is 5.32 Å². The fourth-order valence-corrected chi connectivity index (χ4v) is 2.57. The van der Waals surface area contributed by atoms with Gasteiger partial charge in [-0.15, -0.1) is 6.58 Å². The van der Waals surface area contributed by atoms with Crippen molar-refractivity contribution in [2.75, 3.05) is 13.1 Å². The average molecular weight is 256 g/mol. The Balaban J connectivity index is 2.39. The highest BCUT2D eigenvalue weighted by Crippen LogP contribution is 2.35. The van der Waals surface area contributed by atoms with Crippen LogP contribution in [0.25, 0.3) is 0 Å². The second-order valence-corrected chi connectivity index (χ2v) is 5.08. The van der Waals surface area contributed by atoms with Gasteiger partial charge in [0.1, 0.15) is 0 Å². The molecule has 1 heterocycles. The van der Waals surface area contributed by atoms with Gasteiger partial charge in [-0.25, -0.2) is 0 Å². The van der Waals surface area contributed by atoms with E-state index >= 15 is 0 Å². The van der Waals surface area contributed by atoms with Gasteiger partial charge in [-0.05, 0) is 37.1 Å². The number of halogens is 2. The third-order valence-electron chi connectivity index (χ3n) is 3.30. The molecule has 1 nitrogen and oxygen atoms in total. The number of piperidine rings is 1. The zero-order valence-corrected chi connectivity index (χ0v) is 10.6. The molecule has 3 heteroatoms. The van der Waals surface area contributed by atoms with Crippen molar-refractivity contribution in [3.8, 4) is 0 Å². The lowest BCUT2D eigenvalue weighted by atomic mass is 9.75. The summed E-state index contributed by atoms with van der Waals surface area (Å²) >= 11 is 12.0. The van der Waals surface area contributed by atoms with Crippen molar-refractivity contribution in [3.63, 3.8) is 0 Å². The van der Waals surface area contributed by atoms with Crippen LogP contribution in [-0.4, -0.2) is 13.1 Å². The Bertz CT molecular complexity index is 395. The molecule has 0 radical (unpaired) electrons. The van der Waals surface area contributed by atoms with E-state index in [0.29, 0.717) is 10.0 Å². The third-order valence-corrected chi connectivity index (χ3v) is 4.04. The molecule has 1 aliphatic rings. The Hall–Kier alpha value is -0.500. The molecule has 1 aromatic rings. The minimum Gasteiger partial charge on any atom is -0.316 e. The number of hydrogen-bond donors (Lipinski definition) is 1. The van der Waals surface area contributed by atoms with Gasteiger partial charge in [0, 0.05) is 12.0 Å². The van der Waals surface area contributed by atoms with Crippen molar-refractivity contribution < 1.29 is 0 Å². The van der Waals surface area contributed by atoms with E-state index in [1.807, 2.05) is 24.3 Å². The first kappa shape index (κ1) is 12.0. The van der Waals surface area contributed by atoms with Crippen LogP contribution >= 0.6 is 23.2 Å². The van der Waals surface area contributed by atoms with Crippen molar-refractivity contribution in [1.29, 1.82) is 0 Å². The minimum atomic E-state index is 0.00643. The minimum absolute atomic E-state index is 0.00643. The Labute approximate surface area is 106 Å². The maximum absolute atomic E-state index is 6.07. The van der Waals surface area contributed by atoms with E-state index < -0.39 is 0 Å². The van der Waals surface area contributed by atoms with Gasteiger partial charge < -0.3 is 5.32 Å². The molecule has 1 saturated heterocycles. The second-order valence-electron chi connectivity index (χ2n) is 4.27. The lowest BCUT2D eigenvalue weighted by molar-refractivity contribution is 0.377. The summed E-state index contributed by atoms with van der Waals surface area (Å²) in [7, 11) is 0. The molecule has 1 atom stereocenters. The highest BCUT2D eigenvalue weighted by atomic mass is 35.5. The normalized spacial score (nSPS) is 25.4. The number of benzene rings is 1. The van der Waals surface area contributed by atoms with Gasteiger partial charge in [-0.3, -0.25) is 0 Å². The Morgan fingerprint density at radius 1 is 1.31 bits per heavy atom. The standard InChI is InChI=1S/C13H15Cl2N/c1-2-13(6-3-7-16-9-13)10-4-5-11(14)12(15)8-10/h2,4-5,8,16H,1,3,6-7,9H2. The number of hydrogen-bond acceptors (Lipinski definition) is 1. The van der Waals surface area contributed by atoms with E-state index in [2.05, 4.69) is 11.9 Å². The van der Waals surface area contributed by atoms with Gasteiger partial charge in [0.15, 0.2) is 0 Å². The molecule has 86 valence electrons. The zero-order valence-electron chi connectivity index (χ0n) is 9.10. The van der Waals surface area contributed by atoms with Crippen LogP contribution in [0.15, 0.2) is 30.9 Å². The van der Waals surface area contributed by atoms with E-state index in [0.717, 1.165) is 25.9 Å². The molecule has 1 aliphatic heterocycles. The van der Waals surface area contributed by atoms with Crippen LogP contribution in [0, 0.1) is 0 Å². The van der Waals surface area contributed by atoms with Gasteiger partial charge in [0.25, 0.3) is 0 Å². The SMILES string of the molecule is C=CC1(c2ccc(Cl)c(Cl)c2)CCCNC1. The molecule has 0 aliphatic carbocycles. The topological polar surface area (TPSA) is 12.0 Å². The largest absolute Gasteiger partial charge is 0.316 e. The lowest BCUT2D eigenvalue weighted by Crippen LogP contribution is -2.41. The molecule has 2 rings (SSSR count). The lowest BCUT2D eigenvalue weighted by Gasteiger charge is -2.35.